The molecule has 0 saturated heterocycles. The van der Waals surface area contributed by atoms with Gasteiger partial charge in [-0.3, -0.25) is 13.8 Å². The van der Waals surface area contributed by atoms with E-state index < -0.39 is 75.2 Å². The third-order valence-corrected chi connectivity index (χ3v) is 12.1. The molecule has 1 aliphatic rings. The number of aliphatic hydroxyl groups excluding tert-OH is 7. The maximum atomic E-state index is 13.0. The van der Waals surface area contributed by atoms with Crippen molar-refractivity contribution in [1.82, 2.24) is 5.32 Å². The van der Waals surface area contributed by atoms with Gasteiger partial charge in [0.2, 0.25) is 5.91 Å². The summed E-state index contributed by atoms with van der Waals surface area (Å²) >= 11 is 0. The first-order valence-corrected chi connectivity index (χ1v) is 25.2. The van der Waals surface area contributed by atoms with Crippen LogP contribution in [0.25, 0.3) is 0 Å². The summed E-state index contributed by atoms with van der Waals surface area (Å²) in [5.41, 5.74) is 0. The molecule has 13 nitrogen and oxygen atoms in total. The van der Waals surface area contributed by atoms with E-state index in [4.69, 9.17) is 9.05 Å². The van der Waals surface area contributed by atoms with Gasteiger partial charge in [0.15, 0.2) is 0 Å². The lowest BCUT2D eigenvalue weighted by Gasteiger charge is -2.41. The average molecular weight is 888 g/mol. The van der Waals surface area contributed by atoms with Crippen molar-refractivity contribution in [1.29, 1.82) is 0 Å². The number of unbranched alkanes of at least 4 members (excludes halogenated alkanes) is 19. The monoisotopic (exact) mass is 888 g/mol. The van der Waals surface area contributed by atoms with E-state index in [1.165, 1.54) is 83.1 Å². The number of carbonyl (C=O) groups is 1. The molecule has 0 aromatic heterocycles. The van der Waals surface area contributed by atoms with Crippen LogP contribution in [0.1, 0.15) is 181 Å². The molecule has 0 bridgehead atoms. The maximum Gasteiger partial charge on any atom is 0.472 e. The van der Waals surface area contributed by atoms with Crippen molar-refractivity contribution in [2.75, 3.05) is 6.61 Å². The van der Waals surface area contributed by atoms with Gasteiger partial charge in [-0.15, -0.1) is 0 Å². The molecule has 1 amide bonds. The predicted molar refractivity (Wildman–Crippen MR) is 243 cm³/mol. The van der Waals surface area contributed by atoms with Crippen LogP contribution in [0.2, 0.25) is 0 Å². The zero-order valence-electron chi connectivity index (χ0n) is 37.6. The number of carbonyl (C=O) groups excluding carboxylic acids is 1. The molecular weight excluding hydrogens is 801 g/mol. The van der Waals surface area contributed by atoms with Crippen LogP contribution in [-0.4, -0.2) is 108 Å². The quantitative estimate of drug-likeness (QED) is 0.0164. The molecular formula is C47H86NO12P. The number of allylic oxidation sites excluding steroid dienone is 7. The van der Waals surface area contributed by atoms with Crippen LogP contribution < -0.4 is 5.32 Å². The van der Waals surface area contributed by atoms with Crippen molar-refractivity contribution in [3.8, 4) is 0 Å². The Morgan fingerprint density at radius 2 is 0.967 bits per heavy atom. The molecule has 1 aliphatic carbocycles. The number of amides is 1. The summed E-state index contributed by atoms with van der Waals surface area (Å²) in [6.07, 6.45) is 29.1. The van der Waals surface area contributed by atoms with E-state index in [1.807, 2.05) is 0 Å². The van der Waals surface area contributed by atoms with Crippen LogP contribution >= 0.6 is 7.82 Å². The fourth-order valence-corrected chi connectivity index (χ4v) is 8.17. The molecule has 9 N–H and O–H groups in total. The average Bonchev–Trinajstić information content (AvgIpc) is 3.23. The third kappa shape index (κ3) is 28.6. The van der Waals surface area contributed by atoms with Crippen LogP contribution in [0.15, 0.2) is 48.6 Å². The normalized spacial score (nSPS) is 23.6. The van der Waals surface area contributed by atoms with Gasteiger partial charge in [-0.25, -0.2) is 4.57 Å². The van der Waals surface area contributed by atoms with Gasteiger partial charge in [0.05, 0.1) is 31.3 Å². The van der Waals surface area contributed by atoms with Crippen LogP contribution in [-0.2, 0) is 18.4 Å². The first-order valence-electron chi connectivity index (χ1n) is 23.7. The molecule has 8 unspecified atom stereocenters. The number of phosphoric acid groups is 1. The highest BCUT2D eigenvalue weighted by atomic mass is 31.2. The smallest absolute Gasteiger partial charge is 0.393 e. The summed E-state index contributed by atoms with van der Waals surface area (Å²) in [4.78, 5) is 23.4. The van der Waals surface area contributed by atoms with Crippen LogP contribution in [0.4, 0.5) is 0 Å². The van der Waals surface area contributed by atoms with Crippen molar-refractivity contribution < 1.29 is 59.0 Å². The molecule has 0 aromatic carbocycles. The van der Waals surface area contributed by atoms with Crippen molar-refractivity contribution >= 4 is 13.7 Å². The summed E-state index contributed by atoms with van der Waals surface area (Å²) in [6.45, 7) is 3.70. The highest BCUT2D eigenvalue weighted by Crippen LogP contribution is 2.47. The second-order valence-electron chi connectivity index (χ2n) is 16.8. The Kier molecular flexibility index (Phi) is 34.3. The lowest BCUT2D eigenvalue weighted by atomic mass is 9.85. The molecule has 1 rings (SSSR count). The topological polar surface area (TPSA) is 226 Å². The second kappa shape index (κ2) is 36.6. The molecule has 0 spiro atoms. The Labute approximate surface area is 368 Å². The summed E-state index contributed by atoms with van der Waals surface area (Å²) in [5, 5.41) is 74.4. The Balaban J connectivity index is 2.60. The number of aliphatic hydroxyl groups is 7. The summed E-state index contributed by atoms with van der Waals surface area (Å²) < 4.78 is 22.8. The van der Waals surface area contributed by atoms with Gasteiger partial charge in [0, 0.05) is 0 Å². The molecule has 1 saturated carbocycles. The van der Waals surface area contributed by atoms with Crippen LogP contribution in [0, 0.1) is 0 Å². The second-order valence-corrected chi connectivity index (χ2v) is 18.2. The maximum absolute atomic E-state index is 13.0. The molecule has 0 aliphatic heterocycles. The minimum Gasteiger partial charge on any atom is -0.393 e. The van der Waals surface area contributed by atoms with Gasteiger partial charge >= 0.3 is 7.82 Å². The first-order chi connectivity index (χ1) is 29.3. The van der Waals surface area contributed by atoms with E-state index in [2.05, 4.69) is 55.6 Å². The van der Waals surface area contributed by atoms with E-state index in [-0.39, 0.29) is 6.42 Å². The van der Waals surface area contributed by atoms with Crippen LogP contribution in [0.3, 0.4) is 0 Å². The minimum absolute atomic E-state index is 0.263. The molecule has 61 heavy (non-hydrogen) atoms. The molecule has 0 heterocycles. The number of nitrogens with one attached hydrogen (secondary N) is 1. The van der Waals surface area contributed by atoms with Gasteiger partial charge in [-0.2, -0.15) is 0 Å². The Hall–Kier alpha value is -1.74. The number of phosphoric ester groups is 1. The number of hydrogen-bond acceptors (Lipinski definition) is 11. The predicted octanol–water partition coefficient (Wildman–Crippen LogP) is 7.92. The van der Waals surface area contributed by atoms with Gasteiger partial charge < -0.3 is 46.0 Å². The van der Waals surface area contributed by atoms with Crippen molar-refractivity contribution in [3.05, 3.63) is 48.6 Å². The lowest BCUT2D eigenvalue weighted by Crippen LogP contribution is -2.64. The van der Waals surface area contributed by atoms with Gasteiger partial charge in [-0.05, 0) is 70.6 Å². The van der Waals surface area contributed by atoms with E-state index in [9.17, 15) is 50.0 Å². The van der Waals surface area contributed by atoms with Gasteiger partial charge in [-0.1, -0.05) is 152 Å². The summed E-state index contributed by atoms with van der Waals surface area (Å²) in [5.74, 6) is -0.614. The van der Waals surface area contributed by atoms with Gasteiger partial charge in [0.25, 0.3) is 0 Å². The van der Waals surface area contributed by atoms with E-state index >= 15 is 0 Å². The molecule has 14 heteroatoms. The standard InChI is InChI=1S/C47H86NO12P/c1-3-5-7-9-11-13-15-17-18-19-20-21-23-25-27-29-31-33-35-40(50)39(37-59-61(57,58)60-47-45(55)43(53)42(52)44(54)46(47)56)48-41(51)36-38(49)34-32-30-28-26-24-22-16-14-12-10-8-6-4-2/h14,16,19-20,25,27,33,35,38-40,42-47,49-50,52-56H,3-13,15,17-18,21-24,26,28-32,34,36-37H2,1-2H3,(H,48,51)(H,57,58)/b16-14-,20-19+,27-25+,35-33+. The molecule has 0 aromatic rings. The summed E-state index contributed by atoms with van der Waals surface area (Å²) in [6, 6.07) is -1.27. The highest BCUT2D eigenvalue weighted by Gasteiger charge is 2.51. The zero-order chi connectivity index (χ0) is 45.1. The number of rotatable bonds is 38. The van der Waals surface area contributed by atoms with Gasteiger partial charge in [0.1, 0.15) is 36.6 Å². The third-order valence-electron chi connectivity index (χ3n) is 11.1. The van der Waals surface area contributed by atoms with E-state index in [0.717, 1.165) is 64.2 Å². The minimum atomic E-state index is -5.15. The number of hydrogen-bond donors (Lipinski definition) is 9. The molecule has 1 fully saturated rings. The van der Waals surface area contributed by atoms with Crippen LogP contribution in [0.5, 0.6) is 0 Å². The van der Waals surface area contributed by atoms with E-state index in [1.54, 1.807) is 6.08 Å². The Morgan fingerprint density at radius 3 is 1.46 bits per heavy atom. The van der Waals surface area contributed by atoms with Crippen molar-refractivity contribution in [2.45, 2.75) is 236 Å². The molecule has 8 atom stereocenters. The highest BCUT2D eigenvalue weighted by molar-refractivity contribution is 7.47. The SMILES string of the molecule is CCCCCC/C=C\CCCCCCCC(O)CC(=O)NC(COP(=O)(O)OC1C(O)C(O)C(O)C(O)C1O)C(O)/C=C/CC/C=C/CC/C=C/CCCCCCCCCC. The zero-order valence-corrected chi connectivity index (χ0v) is 38.5. The fourth-order valence-electron chi connectivity index (χ4n) is 7.21. The Bertz CT molecular complexity index is 1230. The first kappa shape index (κ1) is 57.3. The Morgan fingerprint density at radius 1 is 0.574 bits per heavy atom. The van der Waals surface area contributed by atoms with E-state index in [0.29, 0.717) is 19.3 Å². The summed E-state index contributed by atoms with van der Waals surface area (Å²) in [7, 11) is -5.15. The van der Waals surface area contributed by atoms with Crippen molar-refractivity contribution in [3.63, 3.8) is 0 Å². The molecule has 356 valence electrons. The fraction of sp³-hybridized carbons (Fsp3) is 0.809. The molecule has 0 radical (unpaired) electrons. The largest absolute Gasteiger partial charge is 0.472 e. The lowest BCUT2D eigenvalue weighted by molar-refractivity contribution is -0.220. The van der Waals surface area contributed by atoms with Crippen molar-refractivity contribution in [2.24, 2.45) is 0 Å².